The number of rotatable bonds is 4. The van der Waals surface area contributed by atoms with Crippen molar-refractivity contribution in [3.63, 3.8) is 0 Å². The first-order valence-electron chi connectivity index (χ1n) is 6.43. The number of anilines is 1. The number of nitrogens with one attached hydrogen (secondary N) is 1. The summed E-state index contributed by atoms with van der Waals surface area (Å²) in [6.07, 6.45) is 1.56. The summed E-state index contributed by atoms with van der Waals surface area (Å²) >= 11 is 2.19. The van der Waals surface area contributed by atoms with Gasteiger partial charge in [-0.1, -0.05) is 13.8 Å². The molecule has 5 nitrogen and oxygen atoms in total. The third-order valence-corrected chi connectivity index (χ3v) is 3.56. The van der Waals surface area contributed by atoms with Crippen LogP contribution in [0.2, 0.25) is 0 Å². The highest BCUT2D eigenvalue weighted by Crippen LogP contribution is 2.10. The fourth-order valence-corrected chi connectivity index (χ4v) is 2.13. The highest BCUT2D eigenvalue weighted by Gasteiger charge is 2.10. The Morgan fingerprint density at radius 3 is 2.35 bits per heavy atom. The molecule has 1 aromatic heterocycles. The first kappa shape index (κ1) is 14.8. The van der Waals surface area contributed by atoms with Crippen LogP contribution in [0.15, 0.2) is 24.3 Å². The number of carbonyl (C=O) groups excluding carboxylic acids is 1. The summed E-state index contributed by atoms with van der Waals surface area (Å²) in [5.74, 6) is 0.0251. The van der Waals surface area contributed by atoms with E-state index < -0.39 is 0 Å². The molecule has 0 saturated carbocycles. The van der Waals surface area contributed by atoms with Crippen LogP contribution in [-0.2, 0) is 12.8 Å². The van der Waals surface area contributed by atoms with Crippen LogP contribution in [0, 0.1) is 3.57 Å². The van der Waals surface area contributed by atoms with Gasteiger partial charge in [0.2, 0.25) is 5.95 Å². The van der Waals surface area contributed by atoms with Crippen LogP contribution in [0.1, 0.15) is 35.6 Å². The van der Waals surface area contributed by atoms with Crippen molar-refractivity contribution in [3.05, 3.63) is 44.8 Å². The first-order valence-corrected chi connectivity index (χ1v) is 7.51. The molecule has 0 fully saturated rings. The van der Waals surface area contributed by atoms with E-state index in [-0.39, 0.29) is 11.9 Å². The number of aryl methyl sites for hydroxylation is 2. The second-order valence-electron chi connectivity index (χ2n) is 4.20. The third kappa shape index (κ3) is 3.50. The van der Waals surface area contributed by atoms with Gasteiger partial charge in [-0.15, -0.1) is 10.2 Å². The first-order chi connectivity index (χ1) is 9.63. The second kappa shape index (κ2) is 6.74. The van der Waals surface area contributed by atoms with E-state index in [1.54, 1.807) is 12.1 Å². The third-order valence-electron chi connectivity index (χ3n) is 2.84. The number of aromatic nitrogens is 3. The minimum atomic E-state index is -0.227. The molecule has 1 N–H and O–H groups in total. The van der Waals surface area contributed by atoms with Gasteiger partial charge in [-0.3, -0.25) is 10.1 Å². The lowest BCUT2D eigenvalue weighted by atomic mass is 10.2. The fraction of sp³-hybridized carbons (Fsp3) is 0.286. The summed E-state index contributed by atoms with van der Waals surface area (Å²) in [6, 6.07) is 7.30. The van der Waals surface area contributed by atoms with Crippen LogP contribution in [-0.4, -0.2) is 21.1 Å². The summed E-state index contributed by atoms with van der Waals surface area (Å²) in [5, 5.41) is 10.7. The molecular formula is C14H15IN4O. The minimum Gasteiger partial charge on any atom is -0.289 e. The fourth-order valence-electron chi connectivity index (χ4n) is 1.77. The van der Waals surface area contributed by atoms with Crippen molar-refractivity contribution in [1.82, 2.24) is 15.2 Å². The Bertz CT molecular complexity index is 613. The molecule has 0 atom stereocenters. The summed E-state index contributed by atoms with van der Waals surface area (Å²) in [7, 11) is 0. The van der Waals surface area contributed by atoms with Gasteiger partial charge in [0.15, 0.2) is 0 Å². The zero-order chi connectivity index (χ0) is 14.5. The zero-order valence-corrected chi connectivity index (χ0v) is 13.5. The topological polar surface area (TPSA) is 67.8 Å². The molecule has 20 heavy (non-hydrogen) atoms. The van der Waals surface area contributed by atoms with Crippen LogP contribution in [0.4, 0.5) is 5.95 Å². The molecule has 0 unspecified atom stereocenters. The lowest BCUT2D eigenvalue weighted by Crippen LogP contribution is -2.16. The number of benzene rings is 1. The molecule has 0 spiro atoms. The molecule has 1 heterocycles. The van der Waals surface area contributed by atoms with E-state index >= 15 is 0 Å². The average molecular weight is 382 g/mol. The molecule has 0 bridgehead atoms. The molecule has 0 aliphatic heterocycles. The maximum atomic E-state index is 12.1. The van der Waals surface area contributed by atoms with Gasteiger partial charge < -0.3 is 0 Å². The number of amides is 1. The number of carbonyl (C=O) groups is 1. The van der Waals surface area contributed by atoms with Crippen molar-refractivity contribution < 1.29 is 4.79 Å². The summed E-state index contributed by atoms with van der Waals surface area (Å²) in [5.41, 5.74) is 2.33. The molecule has 0 aliphatic rings. The van der Waals surface area contributed by atoms with E-state index in [2.05, 4.69) is 43.1 Å². The highest BCUT2D eigenvalue weighted by atomic mass is 127. The molecule has 0 radical (unpaired) electrons. The Kier molecular flexibility index (Phi) is 4.99. The van der Waals surface area contributed by atoms with Gasteiger partial charge in [-0.05, 0) is 59.7 Å². The lowest BCUT2D eigenvalue weighted by Gasteiger charge is -2.07. The van der Waals surface area contributed by atoms with E-state index in [0.29, 0.717) is 5.56 Å². The van der Waals surface area contributed by atoms with Crippen LogP contribution in [0.3, 0.4) is 0 Å². The minimum absolute atomic E-state index is 0.227. The van der Waals surface area contributed by atoms with E-state index in [0.717, 1.165) is 27.8 Å². The van der Waals surface area contributed by atoms with Gasteiger partial charge in [0.1, 0.15) is 0 Å². The molecule has 104 valence electrons. The van der Waals surface area contributed by atoms with Crippen LogP contribution in [0.5, 0.6) is 0 Å². The summed E-state index contributed by atoms with van der Waals surface area (Å²) < 4.78 is 1.08. The van der Waals surface area contributed by atoms with Gasteiger partial charge >= 0.3 is 0 Å². The quantitative estimate of drug-likeness (QED) is 0.826. The molecular weight excluding hydrogens is 367 g/mol. The largest absolute Gasteiger partial charge is 0.289 e. The van der Waals surface area contributed by atoms with E-state index in [9.17, 15) is 4.79 Å². The van der Waals surface area contributed by atoms with Gasteiger partial charge in [-0.25, -0.2) is 4.98 Å². The van der Waals surface area contributed by atoms with Gasteiger partial charge in [0, 0.05) is 9.13 Å². The van der Waals surface area contributed by atoms with Crippen molar-refractivity contribution in [3.8, 4) is 0 Å². The molecule has 0 aliphatic carbocycles. The Balaban J connectivity index is 2.17. The highest BCUT2D eigenvalue weighted by molar-refractivity contribution is 14.1. The smallest absolute Gasteiger partial charge is 0.258 e. The maximum Gasteiger partial charge on any atom is 0.258 e. The molecule has 6 heteroatoms. The van der Waals surface area contributed by atoms with Crippen LogP contribution >= 0.6 is 22.6 Å². The number of hydrogen-bond donors (Lipinski definition) is 1. The standard InChI is InChI=1S/C14H15IN4O/c1-3-11-12(4-2)18-19-14(16-11)17-13(20)9-5-7-10(15)8-6-9/h5-8H,3-4H2,1-2H3,(H,16,17,19,20). The van der Waals surface area contributed by atoms with Crippen molar-refractivity contribution in [2.75, 3.05) is 5.32 Å². The number of hydrogen-bond acceptors (Lipinski definition) is 4. The van der Waals surface area contributed by atoms with Crippen molar-refractivity contribution in [2.45, 2.75) is 26.7 Å². The van der Waals surface area contributed by atoms with E-state index in [4.69, 9.17) is 0 Å². The van der Waals surface area contributed by atoms with E-state index in [1.165, 1.54) is 0 Å². The monoisotopic (exact) mass is 382 g/mol. The predicted molar refractivity (Wildman–Crippen MR) is 85.7 cm³/mol. The van der Waals surface area contributed by atoms with E-state index in [1.807, 2.05) is 26.0 Å². The zero-order valence-electron chi connectivity index (χ0n) is 11.4. The average Bonchev–Trinajstić information content (AvgIpc) is 2.47. The normalized spacial score (nSPS) is 10.3. The molecule has 2 aromatic rings. The molecule has 1 amide bonds. The second-order valence-corrected chi connectivity index (χ2v) is 5.44. The maximum absolute atomic E-state index is 12.1. The summed E-state index contributed by atoms with van der Waals surface area (Å²) in [4.78, 5) is 16.4. The predicted octanol–water partition coefficient (Wildman–Crippen LogP) is 2.85. The lowest BCUT2D eigenvalue weighted by molar-refractivity contribution is 0.102. The Hall–Kier alpha value is -1.57. The van der Waals surface area contributed by atoms with Crippen molar-refractivity contribution in [1.29, 1.82) is 0 Å². The summed E-state index contributed by atoms with van der Waals surface area (Å²) in [6.45, 7) is 4.02. The SMILES string of the molecule is CCc1nnc(NC(=O)c2ccc(I)cc2)nc1CC. The Morgan fingerprint density at radius 2 is 1.75 bits per heavy atom. The van der Waals surface area contributed by atoms with Gasteiger partial charge in [-0.2, -0.15) is 0 Å². The van der Waals surface area contributed by atoms with Gasteiger partial charge in [0.25, 0.3) is 5.91 Å². The number of halogens is 1. The molecule has 2 rings (SSSR count). The molecule has 1 aromatic carbocycles. The Morgan fingerprint density at radius 1 is 1.10 bits per heavy atom. The van der Waals surface area contributed by atoms with Crippen molar-refractivity contribution >= 4 is 34.4 Å². The van der Waals surface area contributed by atoms with Crippen LogP contribution < -0.4 is 5.32 Å². The molecule has 0 saturated heterocycles. The number of nitrogens with zero attached hydrogens (tertiary/aromatic N) is 3. The Labute approximate surface area is 131 Å². The van der Waals surface area contributed by atoms with Crippen LogP contribution in [0.25, 0.3) is 0 Å². The van der Waals surface area contributed by atoms with Gasteiger partial charge in [0.05, 0.1) is 11.4 Å². The van der Waals surface area contributed by atoms with Crippen molar-refractivity contribution in [2.24, 2.45) is 0 Å².